The molecule has 0 radical (unpaired) electrons. The standard InChI is InChI=1S/C18H14N4S/c1-23-18-19-9-13-10-20-22(17(13)21-18)15-8-12-6-2-4-11-5-3-7-14(15)16(11)12/h2-7,9-10,15H,8H2,1H3/t15-/m0/s1. The number of hydrogen-bond acceptors (Lipinski definition) is 4. The number of rotatable bonds is 2. The van der Waals surface area contributed by atoms with E-state index in [0.717, 1.165) is 22.6 Å². The summed E-state index contributed by atoms with van der Waals surface area (Å²) in [4.78, 5) is 9.02. The van der Waals surface area contributed by atoms with Crippen LogP contribution in [0.25, 0.3) is 21.8 Å². The topological polar surface area (TPSA) is 43.6 Å². The van der Waals surface area contributed by atoms with Gasteiger partial charge in [0.15, 0.2) is 10.8 Å². The van der Waals surface area contributed by atoms with Gasteiger partial charge in [-0.1, -0.05) is 48.2 Å². The van der Waals surface area contributed by atoms with E-state index in [1.165, 1.54) is 21.9 Å². The summed E-state index contributed by atoms with van der Waals surface area (Å²) in [5, 5.41) is 9.09. The second kappa shape index (κ2) is 4.80. The molecule has 0 aliphatic heterocycles. The highest BCUT2D eigenvalue weighted by atomic mass is 32.2. The zero-order valence-corrected chi connectivity index (χ0v) is 13.4. The molecule has 0 fully saturated rings. The van der Waals surface area contributed by atoms with Crippen LogP contribution >= 0.6 is 11.8 Å². The Balaban J connectivity index is 1.74. The van der Waals surface area contributed by atoms with Gasteiger partial charge in [0.1, 0.15) is 0 Å². The van der Waals surface area contributed by atoms with Crippen LogP contribution in [-0.4, -0.2) is 26.0 Å². The summed E-state index contributed by atoms with van der Waals surface area (Å²) in [6.45, 7) is 0. The molecule has 5 heteroatoms. The normalized spacial score (nSPS) is 16.5. The van der Waals surface area contributed by atoms with Crippen molar-refractivity contribution in [3.8, 4) is 0 Å². The number of nitrogens with zero attached hydrogens (tertiary/aromatic N) is 4. The average Bonchev–Trinajstić information content (AvgIpc) is 3.17. The van der Waals surface area contributed by atoms with Crippen molar-refractivity contribution in [3.63, 3.8) is 0 Å². The molecule has 1 aliphatic carbocycles. The van der Waals surface area contributed by atoms with Gasteiger partial charge in [-0.3, -0.25) is 0 Å². The van der Waals surface area contributed by atoms with Crippen molar-refractivity contribution >= 4 is 33.6 Å². The average molecular weight is 318 g/mol. The molecule has 1 atom stereocenters. The van der Waals surface area contributed by atoms with Gasteiger partial charge in [-0.25, -0.2) is 14.6 Å². The van der Waals surface area contributed by atoms with Crippen LogP contribution in [0.3, 0.4) is 0 Å². The summed E-state index contributed by atoms with van der Waals surface area (Å²) in [7, 11) is 0. The van der Waals surface area contributed by atoms with Crippen LogP contribution in [-0.2, 0) is 6.42 Å². The molecule has 0 unspecified atom stereocenters. The van der Waals surface area contributed by atoms with Crippen molar-refractivity contribution in [1.82, 2.24) is 19.7 Å². The molecule has 2 aromatic heterocycles. The van der Waals surface area contributed by atoms with Crippen molar-refractivity contribution in [1.29, 1.82) is 0 Å². The predicted molar refractivity (Wildman–Crippen MR) is 92.9 cm³/mol. The fourth-order valence-electron chi connectivity index (χ4n) is 3.58. The van der Waals surface area contributed by atoms with Crippen molar-refractivity contribution in [2.45, 2.75) is 17.6 Å². The van der Waals surface area contributed by atoms with E-state index in [1.807, 2.05) is 18.6 Å². The maximum atomic E-state index is 4.68. The molecule has 0 bridgehead atoms. The molecule has 0 saturated carbocycles. The van der Waals surface area contributed by atoms with Gasteiger partial charge in [0.05, 0.1) is 17.6 Å². The molecule has 0 amide bonds. The van der Waals surface area contributed by atoms with Gasteiger partial charge in [0.2, 0.25) is 0 Å². The summed E-state index contributed by atoms with van der Waals surface area (Å²) >= 11 is 1.56. The van der Waals surface area contributed by atoms with Crippen LogP contribution < -0.4 is 0 Å². The minimum absolute atomic E-state index is 0.207. The molecule has 0 saturated heterocycles. The first-order valence-electron chi connectivity index (χ1n) is 7.60. The largest absolute Gasteiger partial charge is 0.239 e. The Morgan fingerprint density at radius 3 is 2.83 bits per heavy atom. The van der Waals surface area contributed by atoms with Crippen LogP contribution in [0.15, 0.2) is 53.9 Å². The lowest BCUT2D eigenvalue weighted by Gasteiger charge is -2.13. The number of thioether (sulfide) groups is 1. The zero-order valence-electron chi connectivity index (χ0n) is 12.6. The summed E-state index contributed by atoms with van der Waals surface area (Å²) < 4.78 is 2.06. The van der Waals surface area contributed by atoms with Gasteiger partial charge in [0.25, 0.3) is 0 Å². The molecule has 2 heterocycles. The fourth-order valence-corrected chi connectivity index (χ4v) is 3.92. The Hall–Kier alpha value is -2.40. The van der Waals surface area contributed by atoms with Gasteiger partial charge in [0, 0.05) is 6.20 Å². The van der Waals surface area contributed by atoms with E-state index in [0.29, 0.717) is 0 Å². The van der Waals surface area contributed by atoms with E-state index in [-0.39, 0.29) is 6.04 Å². The van der Waals surface area contributed by atoms with Gasteiger partial charge >= 0.3 is 0 Å². The third kappa shape index (κ3) is 1.83. The first-order valence-corrected chi connectivity index (χ1v) is 8.82. The molecule has 23 heavy (non-hydrogen) atoms. The molecule has 5 rings (SSSR count). The summed E-state index contributed by atoms with van der Waals surface area (Å²) in [6, 6.07) is 13.3. The first-order chi connectivity index (χ1) is 11.3. The Labute approximate surface area is 137 Å². The van der Waals surface area contributed by atoms with Crippen LogP contribution in [0, 0.1) is 0 Å². The first kappa shape index (κ1) is 13.1. The monoisotopic (exact) mass is 318 g/mol. The van der Waals surface area contributed by atoms with Gasteiger partial charge < -0.3 is 0 Å². The second-order valence-corrected chi connectivity index (χ2v) is 6.58. The molecule has 2 aromatic carbocycles. The minimum Gasteiger partial charge on any atom is -0.239 e. The van der Waals surface area contributed by atoms with Crippen molar-refractivity contribution < 1.29 is 0 Å². The number of benzene rings is 2. The highest BCUT2D eigenvalue weighted by Gasteiger charge is 2.27. The van der Waals surface area contributed by atoms with Crippen LogP contribution in [0.5, 0.6) is 0 Å². The quantitative estimate of drug-likeness (QED) is 0.416. The Morgan fingerprint density at radius 1 is 1.09 bits per heavy atom. The number of aromatic nitrogens is 4. The maximum Gasteiger partial charge on any atom is 0.189 e. The predicted octanol–water partition coefficient (Wildman–Crippen LogP) is 3.85. The fraction of sp³-hybridized carbons (Fsp3) is 0.167. The maximum absolute atomic E-state index is 4.68. The highest BCUT2D eigenvalue weighted by molar-refractivity contribution is 7.98. The SMILES string of the molecule is CSc1ncc2cnn([C@H]3Cc4cccc5cccc3c45)c2n1. The number of hydrogen-bond donors (Lipinski definition) is 0. The summed E-state index contributed by atoms with van der Waals surface area (Å²) in [5.41, 5.74) is 3.65. The summed E-state index contributed by atoms with van der Waals surface area (Å²) in [6.07, 6.45) is 6.68. The lowest BCUT2D eigenvalue weighted by Crippen LogP contribution is -2.11. The third-order valence-electron chi connectivity index (χ3n) is 4.59. The van der Waals surface area contributed by atoms with Crippen molar-refractivity contribution in [3.05, 3.63) is 59.9 Å². The third-order valence-corrected chi connectivity index (χ3v) is 5.15. The lowest BCUT2D eigenvalue weighted by atomic mass is 10.0. The van der Waals surface area contributed by atoms with Crippen molar-refractivity contribution in [2.75, 3.05) is 6.26 Å². The van der Waals surface area contributed by atoms with Crippen LogP contribution in [0.1, 0.15) is 17.2 Å². The van der Waals surface area contributed by atoms with Crippen LogP contribution in [0.4, 0.5) is 0 Å². The Bertz CT molecular complexity index is 1050. The minimum atomic E-state index is 0.207. The molecule has 1 aliphatic rings. The molecular weight excluding hydrogens is 304 g/mol. The zero-order chi connectivity index (χ0) is 15.4. The van der Waals surface area contributed by atoms with Crippen LogP contribution in [0.2, 0.25) is 0 Å². The van der Waals surface area contributed by atoms with Gasteiger partial charge in [-0.15, -0.1) is 0 Å². The van der Waals surface area contributed by atoms with E-state index in [2.05, 4.69) is 56.1 Å². The van der Waals surface area contributed by atoms with E-state index in [4.69, 9.17) is 0 Å². The second-order valence-electron chi connectivity index (χ2n) is 5.81. The molecule has 0 N–H and O–H groups in total. The molecule has 0 spiro atoms. The number of fused-ring (bicyclic) bond motifs is 1. The highest BCUT2D eigenvalue weighted by Crippen LogP contribution is 2.39. The molecular formula is C18H14N4S. The van der Waals surface area contributed by atoms with E-state index in [1.54, 1.807) is 11.8 Å². The van der Waals surface area contributed by atoms with E-state index < -0.39 is 0 Å². The van der Waals surface area contributed by atoms with Crippen molar-refractivity contribution in [2.24, 2.45) is 0 Å². The summed E-state index contributed by atoms with van der Waals surface area (Å²) in [5.74, 6) is 0. The smallest absolute Gasteiger partial charge is 0.189 e. The van der Waals surface area contributed by atoms with E-state index in [9.17, 15) is 0 Å². The van der Waals surface area contributed by atoms with Gasteiger partial charge in [-0.2, -0.15) is 5.10 Å². The Morgan fingerprint density at radius 2 is 1.96 bits per heavy atom. The lowest BCUT2D eigenvalue weighted by molar-refractivity contribution is 0.548. The van der Waals surface area contributed by atoms with Gasteiger partial charge in [-0.05, 0) is 34.6 Å². The molecule has 112 valence electrons. The molecule has 4 aromatic rings. The molecule has 4 nitrogen and oxygen atoms in total. The Kier molecular flexibility index (Phi) is 2.73. The van der Waals surface area contributed by atoms with E-state index >= 15 is 0 Å².